The number of hydrogen-bond donors (Lipinski definition) is 0. The van der Waals surface area contributed by atoms with Crippen molar-refractivity contribution in [1.29, 1.82) is 0 Å². The van der Waals surface area contributed by atoms with Gasteiger partial charge in [0.25, 0.3) is 0 Å². The van der Waals surface area contributed by atoms with E-state index in [1.165, 1.54) is 37.7 Å². The summed E-state index contributed by atoms with van der Waals surface area (Å²) in [6.45, 7) is 6.30. The van der Waals surface area contributed by atoms with Crippen molar-refractivity contribution >= 4 is 5.78 Å². The van der Waals surface area contributed by atoms with E-state index in [-0.39, 0.29) is 10.8 Å². The predicted octanol–water partition coefficient (Wildman–Crippen LogP) is 5.35. The summed E-state index contributed by atoms with van der Waals surface area (Å²) in [5.41, 5.74) is 3.80. The van der Waals surface area contributed by atoms with Crippen LogP contribution in [-0.4, -0.2) is 24.8 Å². The summed E-state index contributed by atoms with van der Waals surface area (Å²) in [6, 6.07) is 0. The molecule has 3 heteroatoms. The van der Waals surface area contributed by atoms with E-state index in [1.54, 1.807) is 5.57 Å². The molecule has 6 rings (SSSR count). The molecule has 0 aromatic rings. The minimum atomic E-state index is -0.417. The third kappa shape index (κ3) is 1.79. The first-order valence-electron chi connectivity index (χ1n) is 11.7. The lowest BCUT2D eigenvalue weighted by atomic mass is 9.45. The van der Waals surface area contributed by atoms with Gasteiger partial charge in [-0.3, -0.25) is 4.79 Å². The van der Waals surface area contributed by atoms with Gasteiger partial charge in [-0.1, -0.05) is 37.1 Å². The number of ketones is 1. The standard InChI is InChI=1S/C25H34O3/c1-3-25(27-14-15-28-25)24-12-10-23(11-13-24)21-7-4-17-16-18(26)5-6-19(17)20(21)8-9-22(23,24)2/h10,12,20-21H,3-9,11,13-16H2,1-2H3/t20-,21-,22+,23?,24-/m1/s1. The van der Waals surface area contributed by atoms with Crippen LogP contribution in [0.3, 0.4) is 0 Å². The molecule has 5 atom stereocenters. The van der Waals surface area contributed by atoms with E-state index in [0.29, 0.717) is 17.1 Å². The summed E-state index contributed by atoms with van der Waals surface area (Å²) >= 11 is 0. The summed E-state index contributed by atoms with van der Waals surface area (Å²) in [7, 11) is 0. The Morgan fingerprint density at radius 1 is 1.04 bits per heavy atom. The maximum Gasteiger partial charge on any atom is 0.177 e. The quantitative estimate of drug-likeness (QED) is 0.604. The van der Waals surface area contributed by atoms with Crippen molar-refractivity contribution in [3.63, 3.8) is 0 Å². The lowest BCUT2D eigenvalue weighted by Crippen LogP contribution is -2.58. The van der Waals surface area contributed by atoms with Gasteiger partial charge in [0, 0.05) is 18.3 Å². The Morgan fingerprint density at radius 3 is 2.57 bits per heavy atom. The Morgan fingerprint density at radius 2 is 1.86 bits per heavy atom. The van der Waals surface area contributed by atoms with Crippen molar-refractivity contribution in [2.24, 2.45) is 28.1 Å². The zero-order valence-electron chi connectivity index (χ0n) is 17.5. The third-order valence-electron chi connectivity index (χ3n) is 10.4. The van der Waals surface area contributed by atoms with Gasteiger partial charge in [0.1, 0.15) is 5.78 Å². The minimum Gasteiger partial charge on any atom is -0.347 e. The number of Topliss-reactive ketones (excluding diaryl/α,β-unsaturated/α-hetero) is 1. The molecule has 0 spiro atoms. The van der Waals surface area contributed by atoms with Gasteiger partial charge in [0.2, 0.25) is 0 Å². The number of hydrogen-bond acceptors (Lipinski definition) is 3. The first-order valence-corrected chi connectivity index (χ1v) is 11.7. The molecule has 0 aromatic carbocycles. The minimum absolute atomic E-state index is 0.0351. The van der Waals surface area contributed by atoms with Gasteiger partial charge in [0.05, 0.1) is 13.2 Å². The van der Waals surface area contributed by atoms with Gasteiger partial charge in [-0.25, -0.2) is 0 Å². The van der Waals surface area contributed by atoms with Gasteiger partial charge >= 0.3 is 0 Å². The lowest BCUT2D eigenvalue weighted by Gasteiger charge is -2.60. The van der Waals surface area contributed by atoms with Crippen LogP contribution in [0.1, 0.15) is 78.1 Å². The summed E-state index contributed by atoms with van der Waals surface area (Å²) < 4.78 is 12.8. The van der Waals surface area contributed by atoms with Gasteiger partial charge in [-0.2, -0.15) is 0 Å². The predicted molar refractivity (Wildman–Crippen MR) is 108 cm³/mol. The molecule has 0 amide bonds. The smallest absolute Gasteiger partial charge is 0.177 e. The van der Waals surface area contributed by atoms with E-state index in [4.69, 9.17) is 9.47 Å². The highest BCUT2D eigenvalue weighted by molar-refractivity contribution is 5.82. The van der Waals surface area contributed by atoms with Gasteiger partial charge < -0.3 is 9.47 Å². The summed E-state index contributed by atoms with van der Waals surface area (Å²) in [5.74, 6) is 1.51. The molecule has 1 aliphatic heterocycles. The first-order chi connectivity index (χ1) is 13.5. The van der Waals surface area contributed by atoms with Crippen LogP contribution in [0.15, 0.2) is 23.3 Å². The summed E-state index contributed by atoms with van der Waals surface area (Å²) in [6.07, 6.45) is 16.2. The van der Waals surface area contributed by atoms with Crippen LogP contribution in [0.4, 0.5) is 0 Å². The molecule has 6 aliphatic rings. The van der Waals surface area contributed by atoms with E-state index >= 15 is 0 Å². The van der Waals surface area contributed by atoms with Crippen molar-refractivity contribution in [3.8, 4) is 0 Å². The molecule has 3 nitrogen and oxygen atoms in total. The normalized spacial score (nSPS) is 48.6. The van der Waals surface area contributed by atoms with E-state index in [0.717, 1.165) is 51.2 Å². The van der Waals surface area contributed by atoms with E-state index in [9.17, 15) is 4.79 Å². The highest BCUT2D eigenvalue weighted by Crippen LogP contribution is 2.80. The Balaban J connectivity index is 1.42. The molecule has 0 N–H and O–H groups in total. The Labute approximate surface area is 168 Å². The van der Waals surface area contributed by atoms with Crippen LogP contribution in [-0.2, 0) is 14.3 Å². The molecule has 0 radical (unpaired) electrons. The van der Waals surface area contributed by atoms with Crippen LogP contribution >= 0.6 is 0 Å². The van der Waals surface area contributed by atoms with Gasteiger partial charge in [-0.15, -0.1) is 0 Å². The van der Waals surface area contributed by atoms with Crippen molar-refractivity contribution in [2.75, 3.05) is 13.2 Å². The van der Waals surface area contributed by atoms with Crippen molar-refractivity contribution in [3.05, 3.63) is 23.3 Å². The average Bonchev–Trinajstić information content (AvgIpc) is 3.37. The molecule has 3 fully saturated rings. The van der Waals surface area contributed by atoms with Gasteiger partial charge in [0.15, 0.2) is 5.79 Å². The van der Waals surface area contributed by atoms with E-state index in [2.05, 4.69) is 26.0 Å². The molecule has 2 saturated carbocycles. The highest BCUT2D eigenvalue weighted by atomic mass is 16.7. The molecule has 152 valence electrons. The van der Waals surface area contributed by atoms with Crippen molar-refractivity contribution in [1.82, 2.24) is 0 Å². The van der Waals surface area contributed by atoms with Crippen LogP contribution < -0.4 is 0 Å². The molecule has 1 heterocycles. The van der Waals surface area contributed by atoms with Crippen molar-refractivity contribution < 1.29 is 14.3 Å². The fraction of sp³-hybridized carbons (Fsp3) is 0.800. The zero-order chi connectivity index (χ0) is 19.2. The Kier molecular flexibility index (Phi) is 3.58. The third-order valence-corrected chi connectivity index (χ3v) is 10.4. The molecule has 0 aromatic heterocycles. The van der Waals surface area contributed by atoms with Crippen LogP contribution in [0.5, 0.6) is 0 Å². The second kappa shape index (κ2) is 5.60. The first kappa shape index (κ1) is 17.9. The fourth-order valence-corrected chi connectivity index (χ4v) is 9.14. The molecule has 28 heavy (non-hydrogen) atoms. The molecule has 5 aliphatic carbocycles. The molecular weight excluding hydrogens is 348 g/mol. The average molecular weight is 383 g/mol. The number of carbonyl (C=O) groups is 1. The Hall–Kier alpha value is -0.930. The number of rotatable bonds is 2. The van der Waals surface area contributed by atoms with Crippen LogP contribution in [0, 0.1) is 28.1 Å². The molecule has 1 unspecified atom stereocenters. The zero-order valence-corrected chi connectivity index (χ0v) is 17.5. The largest absolute Gasteiger partial charge is 0.347 e. The van der Waals surface area contributed by atoms with Gasteiger partial charge in [-0.05, 0) is 74.0 Å². The second-order valence-electron chi connectivity index (χ2n) is 10.6. The maximum atomic E-state index is 12.0. The number of allylic oxidation sites excluding steroid dienone is 3. The maximum absolute atomic E-state index is 12.0. The topological polar surface area (TPSA) is 35.5 Å². The number of fused-ring (bicyclic) bond motifs is 2. The van der Waals surface area contributed by atoms with Crippen LogP contribution in [0.2, 0.25) is 0 Å². The fourth-order valence-electron chi connectivity index (χ4n) is 9.14. The van der Waals surface area contributed by atoms with E-state index in [1.807, 2.05) is 0 Å². The lowest BCUT2D eigenvalue weighted by molar-refractivity contribution is -0.259. The number of carbonyl (C=O) groups excluding carboxylic acids is 1. The van der Waals surface area contributed by atoms with E-state index < -0.39 is 5.79 Å². The van der Waals surface area contributed by atoms with Crippen LogP contribution in [0.25, 0.3) is 0 Å². The SMILES string of the molecule is CCC1([C@]23C=CC4(CC2)[C@@H]2CCC5=C(CCC(=O)C5)[C@H]2CC[C@@]43C)OCCO1. The highest BCUT2D eigenvalue weighted by Gasteiger charge is 2.77. The molecular formula is C25H34O3. The summed E-state index contributed by atoms with van der Waals surface area (Å²) in [5, 5.41) is 0. The molecule has 1 saturated heterocycles. The molecule has 2 bridgehead atoms. The number of ether oxygens (including phenoxy) is 2. The summed E-state index contributed by atoms with van der Waals surface area (Å²) in [4.78, 5) is 12.0. The van der Waals surface area contributed by atoms with Crippen molar-refractivity contribution in [2.45, 2.75) is 83.8 Å². The second-order valence-corrected chi connectivity index (χ2v) is 10.6. The monoisotopic (exact) mass is 382 g/mol. The Bertz CT molecular complexity index is 788.